The van der Waals surface area contributed by atoms with Gasteiger partial charge in [0, 0.05) is 29.9 Å². The number of nitrogens with two attached hydrogens (primary N) is 2. The largest absolute Gasteiger partial charge is 0.383 e. The van der Waals surface area contributed by atoms with E-state index in [1.165, 1.54) is 0 Å². The first-order chi connectivity index (χ1) is 10.1. The minimum absolute atomic E-state index is 0.149. The molecule has 2 aromatic rings. The van der Waals surface area contributed by atoms with E-state index in [0.717, 1.165) is 28.1 Å². The molecule has 2 heterocycles. The number of pyridine rings is 1. The van der Waals surface area contributed by atoms with Crippen LogP contribution in [0.25, 0.3) is 11.3 Å². The van der Waals surface area contributed by atoms with E-state index in [9.17, 15) is 4.79 Å². The van der Waals surface area contributed by atoms with E-state index in [1.807, 2.05) is 37.3 Å². The highest BCUT2D eigenvalue weighted by molar-refractivity contribution is 6.01. The second-order valence-corrected chi connectivity index (χ2v) is 5.10. The van der Waals surface area contributed by atoms with Crippen molar-refractivity contribution in [1.29, 1.82) is 0 Å². The first-order valence-corrected chi connectivity index (χ1v) is 7.03. The van der Waals surface area contributed by atoms with Gasteiger partial charge in [0.1, 0.15) is 5.82 Å². The van der Waals surface area contributed by atoms with Gasteiger partial charge >= 0.3 is 0 Å². The van der Waals surface area contributed by atoms with E-state index in [4.69, 9.17) is 11.5 Å². The van der Waals surface area contributed by atoms with Crippen molar-refractivity contribution in [2.24, 2.45) is 5.73 Å². The van der Waals surface area contributed by atoms with Crippen molar-refractivity contribution in [1.82, 2.24) is 4.98 Å². The van der Waals surface area contributed by atoms with Crippen LogP contribution in [0.4, 0.5) is 11.5 Å². The van der Waals surface area contributed by atoms with Gasteiger partial charge in [0.25, 0.3) is 0 Å². The van der Waals surface area contributed by atoms with Gasteiger partial charge in [-0.3, -0.25) is 4.79 Å². The van der Waals surface area contributed by atoms with Crippen LogP contribution in [-0.4, -0.2) is 17.4 Å². The highest BCUT2D eigenvalue weighted by Crippen LogP contribution is 2.32. The third kappa shape index (κ3) is 2.25. The van der Waals surface area contributed by atoms with Gasteiger partial charge in [-0.15, -0.1) is 0 Å². The van der Waals surface area contributed by atoms with Crippen molar-refractivity contribution >= 4 is 17.4 Å². The van der Waals surface area contributed by atoms with Crippen molar-refractivity contribution in [3.05, 3.63) is 41.5 Å². The second kappa shape index (κ2) is 5.18. The molecule has 0 bridgehead atoms. The SMILES string of the molecule is CCN1C(=O)Cc2cc(-c3ccc(CN)c(N)n3)ccc21. The molecular formula is C16H18N4O. The molecule has 0 atom stereocenters. The number of likely N-dealkylation sites (N-methyl/N-ethyl adjacent to an activating group) is 1. The van der Waals surface area contributed by atoms with E-state index in [-0.39, 0.29) is 5.91 Å². The summed E-state index contributed by atoms with van der Waals surface area (Å²) in [5.74, 6) is 0.609. The van der Waals surface area contributed by atoms with Crippen LogP contribution < -0.4 is 16.4 Å². The Morgan fingerprint density at radius 2 is 2.10 bits per heavy atom. The van der Waals surface area contributed by atoms with Crippen molar-refractivity contribution in [2.45, 2.75) is 19.9 Å². The van der Waals surface area contributed by atoms with E-state index in [1.54, 1.807) is 4.90 Å². The molecule has 5 heteroatoms. The summed E-state index contributed by atoms with van der Waals surface area (Å²) in [5.41, 5.74) is 16.1. The summed E-state index contributed by atoms with van der Waals surface area (Å²) >= 11 is 0. The summed E-state index contributed by atoms with van der Waals surface area (Å²) in [5, 5.41) is 0. The molecule has 1 amide bonds. The number of amides is 1. The number of hydrogen-bond donors (Lipinski definition) is 2. The molecule has 21 heavy (non-hydrogen) atoms. The zero-order chi connectivity index (χ0) is 15.0. The minimum Gasteiger partial charge on any atom is -0.383 e. The van der Waals surface area contributed by atoms with Crippen LogP contribution in [0.1, 0.15) is 18.1 Å². The molecular weight excluding hydrogens is 264 g/mol. The summed E-state index contributed by atoms with van der Waals surface area (Å²) in [6, 6.07) is 9.79. The monoisotopic (exact) mass is 282 g/mol. The van der Waals surface area contributed by atoms with Crippen molar-refractivity contribution in [3.63, 3.8) is 0 Å². The molecule has 0 saturated heterocycles. The van der Waals surface area contributed by atoms with Crippen molar-refractivity contribution < 1.29 is 4.79 Å². The molecule has 0 unspecified atom stereocenters. The maximum absolute atomic E-state index is 11.9. The number of carbonyl (C=O) groups excluding carboxylic acids is 1. The number of fused-ring (bicyclic) bond motifs is 1. The molecule has 4 N–H and O–H groups in total. The Morgan fingerprint density at radius 1 is 1.29 bits per heavy atom. The fraction of sp³-hybridized carbons (Fsp3) is 0.250. The number of benzene rings is 1. The highest BCUT2D eigenvalue weighted by Gasteiger charge is 2.26. The van der Waals surface area contributed by atoms with Crippen molar-refractivity contribution in [2.75, 3.05) is 17.2 Å². The zero-order valence-corrected chi connectivity index (χ0v) is 12.0. The number of nitrogens with zero attached hydrogens (tertiary/aromatic N) is 2. The molecule has 1 aliphatic rings. The van der Waals surface area contributed by atoms with E-state index >= 15 is 0 Å². The summed E-state index contributed by atoms with van der Waals surface area (Å²) in [6.07, 6.45) is 0.452. The Kier molecular flexibility index (Phi) is 3.35. The minimum atomic E-state index is 0.149. The fourth-order valence-electron chi connectivity index (χ4n) is 2.73. The lowest BCUT2D eigenvalue weighted by molar-refractivity contribution is -0.117. The summed E-state index contributed by atoms with van der Waals surface area (Å²) in [4.78, 5) is 18.1. The second-order valence-electron chi connectivity index (χ2n) is 5.10. The lowest BCUT2D eigenvalue weighted by Crippen LogP contribution is -2.25. The molecule has 0 fully saturated rings. The van der Waals surface area contributed by atoms with Gasteiger partial charge < -0.3 is 16.4 Å². The third-order valence-electron chi connectivity index (χ3n) is 3.86. The van der Waals surface area contributed by atoms with E-state index in [2.05, 4.69) is 4.98 Å². The zero-order valence-electron chi connectivity index (χ0n) is 12.0. The fourth-order valence-corrected chi connectivity index (χ4v) is 2.73. The van der Waals surface area contributed by atoms with Gasteiger partial charge in [0.15, 0.2) is 0 Å². The van der Waals surface area contributed by atoms with Gasteiger partial charge in [-0.05, 0) is 30.7 Å². The Bertz CT molecular complexity index is 711. The normalized spacial score (nSPS) is 13.6. The van der Waals surface area contributed by atoms with E-state index < -0.39 is 0 Å². The summed E-state index contributed by atoms with van der Waals surface area (Å²) in [6.45, 7) is 3.06. The van der Waals surface area contributed by atoms with Gasteiger partial charge in [-0.25, -0.2) is 4.98 Å². The van der Waals surface area contributed by atoms with Gasteiger partial charge in [-0.1, -0.05) is 12.1 Å². The summed E-state index contributed by atoms with van der Waals surface area (Å²) in [7, 11) is 0. The van der Waals surface area contributed by atoms with Crippen LogP contribution in [-0.2, 0) is 17.8 Å². The smallest absolute Gasteiger partial charge is 0.231 e. The van der Waals surface area contributed by atoms with E-state index in [0.29, 0.717) is 25.3 Å². The van der Waals surface area contributed by atoms with Gasteiger partial charge in [-0.2, -0.15) is 0 Å². The Labute approximate surface area is 123 Å². The highest BCUT2D eigenvalue weighted by atomic mass is 16.2. The van der Waals surface area contributed by atoms with Crippen LogP contribution in [0.5, 0.6) is 0 Å². The van der Waals surface area contributed by atoms with Gasteiger partial charge in [0.2, 0.25) is 5.91 Å². The third-order valence-corrected chi connectivity index (χ3v) is 3.86. The molecule has 0 spiro atoms. The molecule has 1 aliphatic heterocycles. The predicted molar refractivity (Wildman–Crippen MR) is 83.7 cm³/mol. The number of anilines is 2. The molecule has 5 nitrogen and oxygen atoms in total. The Hall–Kier alpha value is -2.40. The van der Waals surface area contributed by atoms with Crippen molar-refractivity contribution in [3.8, 4) is 11.3 Å². The number of nitrogen functional groups attached to an aromatic ring is 1. The standard InChI is InChI=1S/C16H18N4O/c1-2-20-14-6-4-10(7-12(14)8-15(20)21)13-5-3-11(9-17)16(18)19-13/h3-7H,2,8-9,17H2,1H3,(H2,18,19). The average molecular weight is 282 g/mol. The first-order valence-electron chi connectivity index (χ1n) is 7.03. The Balaban J connectivity index is 2.00. The number of carbonyl (C=O) groups is 1. The maximum atomic E-state index is 11.9. The van der Waals surface area contributed by atoms with Crippen LogP contribution >= 0.6 is 0 Å². The number of hydrogen-bond acceptors (Lipinski definition) is 4. The predicted octanol–water partition coefficient (Wildman–Crippen LogP) is 1.70. The van der Waals surface area contributed by atoms with Crippen LogP contribution in [0.3, 0.4) is 0 Å². The average Bonchev–Trinajstić information content (AvgIpc) is 2.81. The topological polar surface area (TPSA) is 85.2 Å². The molecule has 0 saturated carbocycles. The Morgan fingerprint density at radius 3 is 2.76 bits per heavy atom. The molecule has 1 aromatic carbocycles. The lowest BCUT2D eigenvalue weighted by atomic mass is 10.0. The molecule has 0 radical (unpaired) electrons. The van der Waals surface area contributed by atoms with Gasteiger partial charge in [0.05, 0.1) is 12.1 Å². The molecule has 3 rings (SSSR count). The molecule has 1 aromatic heterocycles. The number of aromatic nitrogens is 1. The van der Waals surface area contributed by atoms with Crippen LogP contribution in [0, 0.1) is 0 Å². The molecule has 0 aliphatic carbocycles. The lowest BCUT2D eigenvalue weighted by Gasteiger charge is -2.14. The summed E-state index contributed by atoms with van der Waals surface area (Å²) < 4.78 is 0. The van der Waals surface area contributed by atoms with Crippen LogP contribution in [0.15, 0.2) is 30.3 Å². The molecule has 108 valence electrons. The number of rotatable bonds is 3. The van der Waals surface area contributed by atoms with Crippen LogP contribution in [0.2, 0.25) is 0 Å². The maximum Gasteiger partial charge on any atom is 0.231 e. The quantitative estimate of drug-likeness (QED) is 0.897. The first kappa shape index (κ1) is 13.6.